The molecule has 1 aromatic heterocycles. The Labute approximate surface area is 121 Å². The number of hydrogen-bond acceptors (Lipinski definition) is 4. The first-order valence-corrected chi connectivity index (χ1v) is 7.24. The van der Waals surface area contributed by atoms with Crippen molar-refractivity contribution >= 4 is 5.97 Å². The predicted octanol–water partition coefficient (Wildman–Crippen LogP) is 2.85. The van der Waals surface area contributed by atoms with E-state index in [4.69, 9.17) is 4.74 Å². The molecule has 1 aliphatic rings. The van der Waals surface area contributed by atoms with Gasteiger partial charge in [0, 0.05) is 11.6 Å². The van der Waals surface area contributed by atoms with Gasteiger partial charge in [0.1, 0.15) is 11.3 Å². The Bertz CT molecular complexity index is 472. The molecule has 1 fully saturated rings. The molecular formula is C16H24N2O2. The summed E-state index contributed by atoms with van der Waals surface area (Å²) in [5.74, 6) is 0.112. The number of esters is 1. The standard InChI is InChI=1S/C16H24N2O2/c1-16(2,3)20-15(19)14-7-5-6-13(17-14)12-8-10-18(4)11-9-12/h5-7,12H,8-11H2,1-4H3. The Morgan fingerprint density at radius 1 is 1.30 bits per heavy atom. The number of piperidine rings is 1. The molecule has 0 atom stereocenters. The van der Waals surface area contributed by atoms with Crippen molar-refractivity contribution in [2.24, 2.45) is 0 Å². The molecule has 0 aromatic carbocycles. The van der Waals surface area contributed by atoms with Crippen molar-refractivity contribution in [3.05, 3.63) is 29.6 Å². The van der Waals surface area contributed by atoms with E-state index in [1.807, 2.05) is 32.9 Å². The molecule has 0 bridgehead atoms. The van der Waals surface area contributed by atoms with Crippen molar-refractivity contribution < 1.29 is 9.53 Å². The van der Waals surface area contributed by atoms with E-state index in [0.29, 0.717) is 11.6 Å². The summed E-state index contributed by atoms with van der Waals surface area (Å²) in [6.07, 6.45) is 2.20. The van der Waals surface area contributed by atoms with Crippen LogP contribution in [-0.4, -0.2) is 41.6 Å². The molecule has 1 saturated heterocycles. The maximum Gasteiger partial charge on any atom is 0.357 e. The van der Waals surface area contributed by atoms with Crippen LogP contribution in [0.4, 0.5) is 0 Å². The molecule has 0 unspecified atom stereocenters. The normalized spacial score (nSPS) is 18.0. The molecule has 0 aliphatic carbocycles. The number of rotatable bonds is 2. The average Bonchev–Trinajstić information content (AvgIpc) is 2.38. The zero-order chi connectivity index (χ0) is 14.8. The van der Waals surface area contributed by atoms with E-state index < -0.39 is 5.60 Å². The maximum absolute atomic E-state index is 12.1. The van der Waals surface area contributed by atoms with Gasteiger partial charge in [0.2, 0.25) is 0 Å². The summed E-state index contributed by atoms with van der Waals surface area (Å²) in [7, 11) is 2.14. The van der Waals surface area contributed by atoms with Crippen LogP contribution in [0.15, 0.2) is 18.2 Å². The van der Waals surface area contributed by atoms with Gasteiger partial charge >= 0.3 is 5.97 Å². The minimum Gasteiger partial charge on any atom is -0.455 e. The molecule has 1 aromatic rings. The molecule has 0 spiro atoms. The summed E-state index contributed by atoms with van der Waals surface area (Å²) < 4.78 is 5.37. The zero-order valence-corrected chi connectivity index (χ0v) is 12.8. The lowest BCUT2D eigenvalue weighted by Gasteiger charge is -2.28. The molecule has 4 nitrogen and oxygen atoms in total. The second kappa shape index (κ2) is 5.92. The monoisotopic (exact) mass is 276 g/mol. The summed E-state index contributed by atoms with van der Waals surface area (Å²) in [6, 6.07) is 5.65. The molecular weight excluding hydrogens is 252 g/mol. The van der Waals surface area contributed by atoms with Gasteiger partial charge in [-0.3, -0.25) is 0 Å². The lowest BCUT2D eigenvalue weighted by Crippen LogP contribution is -2.30. The van der Waals surface area contributed by atoms with E-state index >= 15 is 0 Å². The first kappa shape index (κ1) is 15.0. The predicted molar refractivity (Wildman–Crippen MR) is 78.9 cm³/mol. The summed E-state index contributed by atoms with van der Waals surface area (Å²) in [5, 5.41) is 0. The Kier molecular flexibility index (Phi) is 4.43. The largest absolute Gasteiger partial charge is 0.455 e. The summed E-state index contributed by atoms with van der Waals surface area (Å²) in [4.78, 5) is 18.9. The van der Waals surface area contributed by atoms with Gasteiger partial charge in [-0.15, -0.1) is 0 Å². The van der Waals surface area contributed by atoms with Gasteiger partial charge in [-0.05, 0) is 65.9 Å². The lowest BCUT2D eigenvalue weighted by atomic mass is 9.93. The fourth-order valence-electron chi connectivity index (χ4n) is 2.43. The van der Waals surface area contributed by atoms with Crippen LogP contribution < -0.4 is 0 Å². The molecule has 0 N–H and O–H groups in total. The van der Waals surface area contributed by atoms with Crippen LogP contribution in [0.5, 0.6) is 0 Å². The van der Waals surface area contributed by atoms with E-state index in [0.717, 1.165) is 31.6 Å². The van der Waals surface area contributed by atoms with Gasteiger partial charge in [0.15, 0.2) is 0 Å². The fraction of sp³-hybridized carbons (Fsp3) is 0.625. The van der Waals surface area contributed by atoms with Gasteiger partial charge in [-0.2, -0.15) is 0 Å². The fourth-order valence-corrected chi connectivity index (χ4v) is 2.43. The molecule has 4 heteroatoms. The molecule has 0 saturated carbocycles. The number of ether oxygens (including phenoxy) is 1. The smallest absolute Gasteiger partial charge is 0.357 e. The SMILES string of the molecule is CN1CCC(c2cccc(C(=O)OC(C)(C)C)n2)CC1. The third kappa shape index (κ3) is 4.04. The van der Waals surface area contributed by atoms with Gasteiger partial charge in [0.05, 0.1) is 0 Å². The van der Waals surface area contributed by atoms with Gasteiger partial charge < -0.3 is 9.64 Å². The average molecular weight is 276 g/mol. The van der Waals surface area contributed by atoms with Crippen molar-refractivity contribution in [2.75, 3.05) is 20.1 Å². The van der Waals surface area contributed by atoms with Crippen LogP contribution in [0.25, 0.3) is 0 Å². The number of carbonyl (C=O) groups is 1. The van der Waals surface area contributed by atoms with E-state index in [1.54, 1.807) is 6.07 Å². The first-order valence-electron chi connectivity index (χ1n) is 7.24. The van der Waals surface area contributed by atoms with Crippen LogP contribution in [0, 0.1) is 0 Å². The van der Waals surface area contributed by atoms with Crippen molar-refractivity contribution in [3.8, 4) is 0 Å². The second-order valence-corrected chi connectivity index (χ2v) is 6.53. The minimum absolute atomic E-state index is 0.340. The van der Waals surface area contributed by atoms with Crippen LogP contribution in [0.1, 0.15) is 55.7 Å². The maximum atomic E-state index is 12.1. The van der Waals surface area contributed by atoms with E-state index in [1.165, 1.54) is 0 Å². The Morgan fingerprint density at radius 2 is 1.95 bits per heavy atom. The van der Waals surface area contributed by atoms with Crippen molar-refractivity contribution in [1.29, 1.82) is 0 Å². The molecule has 1 aliphatic heterocycles. The van der Waals surface area contributed by atoms with Crippen LogP contribution in [0.3, 0.4) is 0 Å². The summed E-state index contributed by atoms with van der Waals surface area (Å²) >= 11 is 0. The van der Waals surface area contributed by atoms with Gasteiger partial charge in [0.25, 0.3) is 0 Å². The van der Waals surface area contributed by atoms with Crippen LogP contribution in [0.2, 0.25) is 0 Å². The zero-order valence-electron chi connectivity index (χ0n) is 12.8. The number of carbonyl (C=O) groups excluding carboxylic acids is 1. The molecule has 2 rings (SSSR count). The second-order valence-electron chi connectivity index (χ2n) is 6.53. The highest BCUT2D eigenvalue weighted by Gasteiger charge is 2.22. The summed E-state index contributed by atoms with van der Waals surface area (Å²) in [5.41, 5.74) is 0.945. The Balaban J connectivity index is 2.10. The van der Waals surface area contributed by atoms with Gasteiger partial charge in [-0.1, -0.05) is 6.07 Å². The molecule has 20 heavy (non-hydrogen) atoms. The first-order chi connectivity index (χ1) is 9.35. The Morgan fingerprint density at radius 3 is 2.55 bits per heavy atom. The number of nitrogens with zero attached hydrogens (tertiary/aromatic N) is 2. The number of likely N-dealkylation sites (tertiary alicyclic amines) is 1. The third-order valence-electron chi connectivity index (χ3n) is 3.52. The van der Waals surface area contributed by atoms with Crippen molar-refractivity contribution in [2.45, 2.75) is 45.1 Å². The van der Waals surface area contributed by atoms with Gasteiger partial charge in [-0.25, -0.2) is 9.78 Å². The van der Waals surface area contributed by atoms with Crippen LogP contribution >= 0.6 is 0 Å². The third-order valence-corrected chi connectivity index (χ3v) is 3.52. The number of aromatic nitrogens is 1. The van der Waals surface area contributed by atoms with E-state index in [2.05, 4.69) is 16.9 Å². The van der Waals surface area contributed by atoms with E-state index in [9.17, 15) is 4.79 Å². The number of hydrogen-bond donors (Lipinski definition) is 0. The van der Waals surface area contributed by atoms with Crippen molar-refractivity contribution in [3.63, 3.8) is 0 Å². The highest BCUT2D eigenvalue weighted by molar-refractivity contribution is 5.87. The van der Waals surface area contributed by atoms with Crippen LogP contribution in [-0.2, 0) is 4.74 Å². The molecule has 0 radical (unpaired) electrons. The quantitative estimate of drug-likeness (QED) is 0.779. The lowest BCUT2D eigenvalue weighted by molar-refractivity contribution is 0.00624. The highest BCUT2D eigenvalue weighted by Crippen LogP contribution is 2.26. The molecule has 0 amide bonds. The minimum atomic E-state index is -0.484. The topological polar surface area (TPSA) is 42.4 Å². The molecule has 2 heterocycles. The Hall–Kier alpha value is -1.42. The summed E-state index contributed by atoms with van der Waals surface area (Å²) in [6.45, 7) is 7.77. The van der Waals surface area contributed by atoms with Crippen molar-refractivity contribution in [1.82, 2.24) is 9.88 Å². The highest BCUT2D eigenvalue weighted by atomic mass is 16.6. The number of pyridine rings is 1. The van der Waals surface area contributed by atoms with E-state index in [-0.39, 0.29) is 5.97 Å². The molecule has 110 valence electrons.